The molecule has 0 spiro atoms. The lowest BCUT2D eigenvalue weighted by Crippen LogP contribution is -2.43. The first-order chi connectivity index (χ1) is 20.2. The van der Waals surface area contributed by atoms with Crippen LogP contribution in [-0.2, 0) is 17.5 Å². The van der Waals surface area contributed by atoms with E-state index in [0.29, 0.717) is 29.6 Å². The van der Waals surface area contributed by atoms with E-state index in [-0.39, 0.29) is 35.1 Å². The summed E-state index contributed by atoms with van der Waals surface area (Å²) in [7, 11) is 1.22. The lowest BCUT2D eigenvalue weighted by atomic mass is 10.0. The van der Waals surface area contributed by atoms with E-state index >= 15 is 0 Å². The molecule has 10 nitrogen and oxygen atoms in total. The van der Waals surface area contributed by atoms with Crippen molar-refractivity contribution in [2.24, 2.45) is 0 Å². The molecule has 42 heavy (non-hydrogen) atoms. The second-order valence-electron chi connectivity index (χ2n) is 9.50. The summed E-state index contributed by atoms with van der Waals surface area (Å²) in [5.41, 5.74) is -0.275. The summed E-state index contributed by atoms with van der Waals surface area (Å²) in [6.45, 7) is 2.96. The second-order valence-corrected chi connectivity index (χ2v) is 9.50. The quantitative estimate of drug-likeness (QED) is 0.271. The molecule has 3 aromatic carbocycles. The summed E-state index contributed by atoms with van der Waals surface area (Å²) in [5.74, 6) is 0.187. The minimum Gasteiger partial charge on any atom is -0.453 e. The van der Waals surface area contributed by atoms with E-state index in [1.165, 1.54) is 31.6 Å². The van der Waals surface area contributed by atoms with Gasteiger partial charge in [0, 0.05) is 50.0 Å². The number of ether oxygens (including phenoxy) is 2. The SMILES string of the molecule is COC(=O)Nc1cc(Oc2ccc3c(C(=O)Nc4ccc(CN5CCNCC5)c(C(F)(F)F)c4)cccc3c2)ncn1. The fraction of sp³-hybridized carbons (Fsp3) is 0.241. The summed E-state index contributed by atoms with van der Waals surface area (Å²) in [4.78, 5) is 34.6. The normalized spacial score (nSPS) is 13.9. The number of anilines is 2. The van der Waals surface area contributed by atoms with Crippen molar-refractivity contribution in [3.63, 3.8) is 0 Å². The van der Waals surface area contributed by atoms with Crippen LogP contribution >= 0.6 is 0 Å². The maximum Gasteiger partial charge on any atom is 0.416 e. The number of fused-ring (bicyclic) bond motifs is 1. The van der Waals surface area contributed by atoms with Crippen molar-refractivity contribution in [1.29, 1.82) is 0 Å². The Morgan fingerprint density at radius 3 is 2.57 bits per heavy atom. The van der Waals surface area contributed by atoms with Crippen LogP contribution in [0.15, 0.2) is 67.0 Å². The Hall–Kier alpha value is -4.75. The maximum absolute atomic E-state index is 14.0. The van der Waals surface area contributed by atoms with Gasteiger partial charge in [-0.25, -0.2) is 14.8 Å². The molecule has 0 bridgehead atoms. The van der Waals surface area contributed by atoms with Gasteiger partial charge in [0.25, 0.3) is 5.91 Å². The van der Waals surface area contributed by atoms with Gasteiger partial charge < -0.3 is 20.1 Å². The average Bonchev–Trinajstić information content (AvgIpc) is 2.97. The number of carbonyl (C=O) groups excluding carboxylic acids is 2. The number of carbonyl (C=O) groups is 2. The van der Waals surface area contributed by atoms with E-state index in [2.05, 4.69) is 30.7 Å². The molecule has 13 heteroatoms. The van der Waals surface area contributed by atoms with Crippen molar-refractivity contribution in [1.82, 2.24) is 20.2 Å². The molecular weight excluding hydrogens is 553 g/mol. The third kappa shape index (κ3) is 6.93. The fourth-order valence-electron chi connectivity index (χ4n) is 4.63. The zero-order valence-electron chi connectivity index (χ0n) is 22.5. The highest BCUT2D eigenvalue weighted by molar-refractivity contribution is 6.13. The molecule has 0 saturated carbocycles. The lowest BCUT2D eigenvalue weighted by molar-refractivity contribution is -0.138. The highest BCUT2D eigenvalue weighted by Crippen LogP contribution is 2.35. The number of alkyl halides is 3. The van der Waals surface area contributed by atoms with Gasteiger partial charge in [-0.3, -0.25) is 15.0 Å². The first-order valence-corrected chi connectivity index (χ1v) is 13.0. The van der Waals surface area contributed by atoms with Gasteiger partial charge in [-0.05, 0) is 52.7 Å². The third-order valence-electron chi connectivity index (χ3n) is 6.65. The topological polar surface area (TPSA) is 118 Å². The first kappa shape index (κ1) is 28.8. The molecule has 4 aromatic rings. The predicted octanol–water partition coefficient (Wildman–Crippen LogP) is 5.28. The summed E-state index contributed by atoms with van der Waals surface area (Å²) in [6.07, 6.45) is -4.05. The summed E-state index contributed by atoms with van der Waals surface area (Å²) >= 11 is 0. The van der Waals surface area contributed by atoms with Crippen molar-refractivity contribution in [3.05, 3.63) is 83.7 Å². The van der Waals surface area contributed by atoms with Crippen LogP contribution in [0.4, 0.5) is 29.5 Å². The first-order valence-electron chi connectivity index (χ1n) is 13.0. The molecule has 0 radical (unpaired) electrons. The van der Waals surface area contributed by atoms with E-state index < -0.39 is 23.7 Å². The average molecular weight is 581 g/mol. The lowest BCUT2D eigenvalue weighted by Gasteiger charge is -2.28. The van der Waals surface area contributed by atoms with Crippen molar-refractivity contribution in [2.45, 2.75) is 12.7 Å². The molecule has 1 aliphatic heterocycles. The number of amides is 2. The monoisotopic (exact) mass is 580 g/mol. The standard InChI is InChI=1S/C29H27F3N6O4/c1-41-28(40)37-25-15-26(35-17-34-25)42-21-7-8-22-18(13-21)3-2-4-23(22)27(39)36-20-6-5-19(24(14-20)29(30,31)32)16-38-11-9-33-10-12-38/h2-8,13-15,17,33H,9-12,16H2,1H3,(H,36,39)(H,34,35,37,40). The molecule has 2 heterocycles. The van der Waals surface area contributed by atoms with Crippen LogP contribution in [0.25, 0.3) is 10.8 Å². The number of benzene rings is 3. The molecule has 1 aliphatic rings. The number of hydrogen-bond donors (Lipinski definition) is 3. The molecule has 218 valence electrons. The van der Waals surface area contributed by atoms with Crippen molar-refractivity contribution >= 4 is 34.3 Å². The van der Waals surface area contributed by atoms with Gasteiger partial charge in [0.15, 0.2) is 0 Å². The maximum atomic E-state index is 14.0. The number of methoxy groups -OCH3 is 1. The second kappa shape index (κ2) is 12.4. The summed E-state index contributed by atoms with van der Waals surface area (Å²) in [5, 5.41) is 9.45. The Bertz CT molecular complexity index is 1610. The highest BCUT2D eigenvalue weighted by Gasteiger charge is 2.34. The van der Waals surface area contributed by atoms with Crippen LogP contribution in [0.3, 0.4) is 0 Å². The van der Waals surface area contributed by atoms with Gasteiger partial charge in [0.2, 0.25) is 5.88 Å². The number of rotatable bonds is 7. The van der Waals surface area contributed by atoms with E-state index in [4.69, 9.17) is 4.74 Å². The van der Waals surface area contributed by atoms with E-state index in [9.17, 15) is 22.8 Å². The summed E-state index contributed by atoms with van der Waals surface area (Å²) in [6, 6.07) is 15.3. The van der Waals surface area contributed by atoms with Crippen LogP contribution in [0.2, 0.25) is 0 Å². The molecule has 0 aliphatic carbocycles. The molecule has 0 unspecified atom stereocenters. The van der Waals surface area contributed by atoms with E-state index in [1.807, 2.05) is 4.90 Å². The molecule has 3 N–H and O–H groups in total. The Labute approximate surface area is 238 Å². The van der Waals surface area contributed by atoms with Crippen molar-refractivity contribution in [3.8, 4) is 11.6 Å². The van der Waals surface area contributed by atoms with Crippen molar-refractivity contribution < 1.29 is 32.2 Å². The Balaban J connectivity index is 1.34. The van der Waals surface area contributed by atoms with Gasteiger partial charge >= 0.3 is 12.3 Å². The molecule has 2 amide bonds. The van der Waals surface area contributed by atoms with Gasteiger partial charge in [0.1, 0.15) is 17.9 Å². The smallest absolute Gasteiger partial charge is 0.416 e. The van der Waals surface area contributed by atoms with Gasteiger partial charge in [0.05, 0.1) is 12.7 Å². The van der Waals surface area contributed by atoms with Crippen LogP contribution < -0.4 is 20.7 Å². The number of halogens is 3. The minimum absolute atomic E-state index is 0.0495. The van der Waals surface area contributed by atoms with Gasteiger partial charge in [-0.1, -0.05) is 18.2 Å². The molecule has 1 saturated heterocycles. The third-order valence-corrected chi connectivity index (χ3v) is 6.65. The van der Waals surface area contributed by atoms with Crippen LogP contribution in [0, 0.1) is 0 Å². The van der Waals surface area contributed by atoms with Crippen LogP contribution in [0.1, 0.15) is 21.5 Å². The molecule has 1 fully saturated rings. The highest BCUT2D eigenvalue weighted by atomic mass is 19.4. The Morgan fingerprint density at radius 2 is 1.81 bits per heavy atom. The fourth-order valence-corrected chi connectivity index (χ4v) is 4.63. The number of nitrogens with zero attached hydrogens (tertiary/aromatic N) is 3. The number of nitrogens with one attached hydrogen (secondary N) is 3. The largest absolute Gasteiger partial charge is 0.453 e. The van der Waals surface area contributed by atoms with E-state index in [0.717, 1.165) is 19.2 Å². The predicted molar refractivity (Wildman–Crippen MR) is 150 cm³/mol. The van der Waals surface area contributed by atoms with Crippen LogP contribution in [-0.4, -0.2) is 60.2 Å². The Morgan fingerprint density at radius 1 is 1.00 bits per heavy atom. The number of aromatic nitrogens is 2. The zero-order valence-corrected chi connectivity index (χ0v) is 22.5. The molecular formula is C29H27F3N6O4. The minimum atomic E-state index is -4.57. The zero-order chi connectivity index (χ0) is 29.7. The number of hydrogen-bond acceptors (Lipinski definition) is 8. The van der Waals surface area contributed by atoms with E-state index in [1.54, 1.807) is 36.4 Å². The molecule has 1 aromatic heterocycles. The van der Waals surface area contributed by atoms with Crippen LogP contribution in [0.5, 0.6) is 11.6 Å². The van der Waals surface area contributed by atoms with Crippen molar-refractivity contribution in [2.75, 3.05) is 43.9 Å². The van der Waals surface area contributed by atoms with Gasteiger partial charge in [-0.15, -0.1) is 0 Å². The van der Waals surface area contributed by atoms with Gasteiger partial charge in [-0.2, -0.15) is 13.2 Å². The number of piperazine rings is 1. The Kier molecular flexibility index (Phi) is 8.50. The molecule has 5 rings (SSSR count). The summed E-state index contributed by atoms with van der Waals surface area (Å²) < 4.78 is 52.2. The molecule has 0 atom stereocenters.